The van der Waals surface area contributed by atoms with Crippen LogP contribution in [0.2, 0.25) is 0 Å². The molecular formula is C15H20Ru. The zero-order chi connectivity index (χ0) is 10.9. The van der Waals surface area contributed by atoms with E-state index in [0.717, 1.165) is 5.92 Å². The molecule has 1 heteroatoms. The normalized spacial score (nSPS) is 10.9. The Labute approximate surface area is 112 Å². The first-order chi connectivity index (χ1) is 7.33. The molecule has 0 radical (unpaired) electrons. The molecular weight excluding hydrogens is 281 g/mol. The Morgan fingerprint density at radius 1 is 1.06 bits per heavy atom. The fraction of sp³-hybridized carbons (Fsp3) is 0.333. The molecule has 0 bridgehead atoms. The standard InChI is InChI=1S/C10H15.C5H5.Ru/c1-3-9(2)8-10-6-4-5-7-10;1-2-4-5-3-1;/h4-7,9H,3,8H2,1-2H3;1-5H;/q2*-1;+2. The van der Waals surface area contributed by atoms with Crippen LogP contribution in [-0.2, 0) is 25.9 Å². The van der Waals surface area contributed by atoms with Gasteiger partial charge in [-0.05, 0) is 0 Å². The quantitative estimate of drug-likeness (QED) is 0.582. The molecule has 0 nitrogen and oxygen atoms in total. The molecule has 0 aliphatic rings. The molecule has 2 aromatic carbocycles. The average Bonchev–Trinajstić information content (AvgIpc) is 2.92. The van der Waals surface area contributed by atoms with Crippen LogP contribution >= 0.6 is 0 Å². The van der Waals surface area contributed by atoms with E-state index in [0.29, 0.717) is 0 Å². The van der Waals surface area contributed by atoms with Gasteiger partial charge in [-0.25, -0.2) is 24.3 Å². The molecule has 2 aromatic rings. The van der Waals surface area contributed by atoms with Crippen molar-refractivity contribution in [3.63, 3.8) is 0 Å². The van der Waals surface area contributed by atoms with Crippen LogP contribution in [0.3, 0.4) is 0 Å². The maximum absolute atomic E-state index is 2.30. The Hall–Kier alpha value is -0.677. The molecule has 1 atom stereocenters. The molecule has 0 aliphatic carbocycles. The van der Waals surface area contributed by atoms with Crippen molar-refractivity contribution >= 4 is 0 Å². The first-order valence-corrected chi connectivity index (χ1v) is 5.70. The second-order valence-corrected chi connectivity index (χ2v) is 3.97. The van der Waals surface area contributed by atoms with Crippen molar-refractivity contribution in [3.05, 3.63) is 60.2 Å². The number of hydrogen-bond acceptors (Lipinski definition) is 0. The van der Waals surface area contributed by atoms with Gasteiger partial charge >= 0.3 is 19.5 Å². The third-order valence-corrected chi connectivity index (χ3v) is 2.57. The molecule has 0 aromatic heterocycles. The van der Waals surface area contributed by atoms with Crippen molar-refractivity contribution < 1.29 is 19.5 Å². The Morgan fingerprint density at radius 3 is 2.00 bits per heavy atom. The predicted octanol–water partition coefficient (Wildman–Crippen LogP) is 4.40. The van der Waals surface area contributed by atoms with Gasteiger partial charge in [-0.2, -0.15) is 35.9 Å². The Balaban J connectivity index is 0.000000318. The van der Waals surface area contributed by atoms with Crippen LogP contribution in [0.4, 0.5) is 0 Å². The van der Waals surface area contributed by atoms with Crippen molar-refractivity contribution in [2.75, 3.05) is 0 Å². The van der Waals surface area contributed by atoms with E-state index >= 15 is 0 Å². The first kappa shape index (κ1) is 15.3. The van der Waals surface area contributed by atoms with Crippen LogP contribution in [0.5, 0.6) is 0 Å². The van der Waals surface area contributed by atoms with E-state index in [-0.39, 0.29) is 19.5 Å². The van der Waals surface area contributed by atoms with E-state index in [1.54, 1.807) is 0 Å². The van der Waals surface area contributed by atoms with Gasteiger partial charge in [0.25, 0.3) is 0 Å². The summed E-state index contributed by atoms with van der Waals surface area (Å²) in [5.74, 6) is 0.836. The Morgan fingerprint density at radius 2 is 1.62 bits per heavy atom. The second kappa shape index (κ2) is 9.54. The van der Waals surface area contributed by atoms with Gasteiger partial charge < -0.3 is 0 Å². The summed E-state index contributed by atoms with van der Waals surface area (Å²) in [6.45, 7) is 4.54. The molecule has 0 spiro atoms. The summed E-state index contributed by atoms with van der Waals surface area (Å²) in [6, 6.07) is 18.6. The van der Waals surface area contributed by atoms with Gasteiger partial charge in [0.2, 0.25) is 0 Å². The summed E-state index contributed by atoms with van der Waals surface area (Å²) in [6.07, 6.45) is 2.52. The molecule has 1 unspecified atom stereocenters. The molecule has 0 saturated carbocycles. The summed E-state index contributed by atoms with van der Waals surface area (Å²) in [5.41, 5.74) is 1.48. The molecule has 16 heavy (non-hydrogen) atoms. The number of hydrogen-bond donors (Lipinski definition) is 0. The zero-order valence-corrected chi connectivity index (χ0v) is 11.8. The van der Waals surface area contributed by atoms with Crippen LogP contribution in [0.15, 0.2) is 54.6 Å². The van der Waals surface area contributed by atoms with Crippen LogP contribution in [0.1, 0.15) is 25.8 Å². The van der Waals surface area contributed by atoms with Crippen molar-refractivity contribution in [2.45, 2.75) is 26.7 Å². The average molecular weight is 301 g/mol. The summed E-state index contributed by atoms with van der Waals surface area (Å²) in [4.78, 5) is 0. The maximum Gasteiger partial charge on any atom is 2.00 e. The zero-order valence-electron chi connectivity index (χ0n) is 10.0. The van der Waals surface area contributed by atoms with Crippen LogP contribution in [-0.4, -0.2) is 0 Å². The smallest absolute Gasteiger partial charge is 0.214 e. The molecule has 0 heterocycles. The maximum atomic E-state index is 2.30. The van der Waals surface area contributed by atoms with Gasteiger partial charge in [-0.3, -0.25) is 0 Å². The van der Waals surface area contributed by atoms with E-state index in [9.17, 15) is 0 Å². The molecule has 88 valence electrons. The van der Waals surface area contributed by atoms with E-state index in [2.05, 4.69) is 38.1 Å². The fourth-order valence-electron chi connectivity index (χ4n) is 1.42. The number of rotatable bonds is 3. The topological polar surface area (TPSA) is 0 Å². The van der Waals surface area contributed by atoms with Gasteiger partial charge in [-0.1, -0.05) is 32.6 Å². The van der Waals surface area contributed by atoms with Gasteiger partial charge in [0, 0.05) is 0 Å². The van der Waals surface area contributed by atoms with Crippen molar-refractivity contribution in [2.24, 2.45) is 5.92 Å². The van der Waals surface area contributed by atoms with E-state index in [4.69, 9.17) is 0 Å². The van der Waals surface area contributed by atoms with Gasteiger partial charge in [0.1, 0.15) is 0 Å². The molecule has 0 N–H and O–H groups in total. The minimum Gasteiger partial charge on any atom is -0.214 e. The Kier molecular flexibility index (Phi) is 9.14. The van der Waals surface area contributed by atoms with Crippen LogP contribution < -0.4 is 0 Å². The minimum atomic E-state index is 0. The summed E-state index contributed by atoms with van der Waals surface area (Å²) >= 11 is 0. The first-order valence-electron chi connectivity index (χ1n) is 5.70. The molecule has 2 rings (SSSR count). The van der Waals surface area contributed by atoms with Crippen molar-refractivity contribution in [1.29, 1.82) is 0 Å². The van der Waals surface area contributed by atoms with E-state index in [1.807, 2.05) is 30.3 Å². The van der Waals surface area contributed by atoms with E-state index in [1.165, 1.54) is 18.4 Å². The Bertz CT molecular complexity index is 288. The molecule has 0 aliphatic heterocycles. The second-order valence-electron chi connectivity index (χ2n) is 3.97. The predicted molar refractivity (Wildman–Crippen MR) is 67.2 cm³/mol. The third kappa shape index (κ3) is 6.74. The van der Waals surface area contributed by atoms with Crippen LogP contribution in [0.25, 0.3) is 0 Å². The SMILES string of the molecule is CCC(C)C[c-]1cccc1.[Ru+2].c1cc[cH-]c1. The molecule has 0 amide bonds. The van der Waals surface area contributed by atoms with Crippen LogP contribution in [0, 0.1) is 5.92 Å². The monoisotopic (exact) mass is 302 g/mol. The van der Waals surface area contributed by atoms with Gasteiger partial charge in [0.05, 0.1) is 0 Å². The third-order valence-electron chi connectivity index (χ3n) is 2.57. The molecule has 0 fully saturated rings. The van der Waals surface area contributed by atoms with E-state index < -0.39 is 0 Å². The van der Waals surface area contributed by atoms with Crippen molar-refractivity contribution in [1.82, 2.24) is 0 Å². The molecule has 0 saturated heterocycles. The van der Waals surface area contributed by atoms with Gasteiger partial charge in [-0.15, -0.1) is 0 Å². The van der Waals surface area contributed by atoms with Crippen molar-refractivity contribution in [3.8, 4) is 0 Å². The summed E-state index contributed by atoms with van der Waals surface area (Å²) in [5, 5.41) is 0. The largest absolute Gasteiger partial charge is 2.00 e. The summed E-state index contributed by atoms with van der Waals surface area (Å²) in [7, 11) is 0. The van der Waals surface area contributed by atoms with Gasteiger partial charge in [0.15, 0.2) is 0 Å². The summed E-state index contributed by atoms with van der Waals surface area (Å²) < 4.78 is 0. The fourth-order valence-corrected chi connectivity index (χ4v) is 1.42. The minimum absolute atomic E-state index is 0.